The van der Waals surface area contributed by atoms with Crippen molar-refractivity contribution in [2.24, 2.45) is 0 Å². The minimum Gasteiger partial charge on any atom is -0.444 e. The van der Waals surface area contributed by atoms with Crippen LogP contribution in [0.4, 0.5) is 4.39 Å². The van der Waals surface area contributed by atoms with E-state index in [-0.39, 0.29) is 18.5 Å². The van der Waals surface area contributed by atoms with Gasteiger partial charge in [-0.15, -0.1) is 0 Å². The predicted molar refractivity (Wildman–Crippen MR) is 96.9 cm³/mol. The molecular formula is C21H21FN2O2. The summed E-state index contributed by atoms with van der Waals surface area (Å²) in [6.07, 6.45) is 3.74. The van der Waals surface area contributed by atoms with E-state index in [2.05, 4.69) is 34.1 Å². The fraction of sp³-hybridized carbons (Fsp3) is 0.286. The zero-order valence-corrected chi connectivity index (χ0v) is 14.4. The van der Waals surface area contributed by atoms with Gasteiger partial charge in [-0.25, -0.2) is 9.37 Å². The first kappa shape index (κ1) is 16.9. The number of rotatable bonds is 6. The Morgan fingerprint density at radius 2 is 1.96 bits per heavy atom. The summed E-state index contributed by atoms with van der Waals surface area (Å²) in [5, 5.41) is 9.51. The third kappa shape index (κ3) is 3.41. The van der Waals surface area contributed by atoms with Gasteiger partial charge in [0.25, 0.3) is 0 Å². The number of fused-ring (bicyclic) bond motifs is 1. The molecule has 0 fully saturated rings. The molecule has 0 aliphatic heterocycles. The Morgan fingerprint density at radius 1 is 1.15 bits per heavy atom. The van der Waals surface area contributed by atoms with Crippen molar-refractivity contribution in [2.45, 2.75) is 25.4 Å². The Morgan fingerprint density at radius 3 is 2.77 bits per heavy atom. The van der Waals surface area contributed by atoms with Crippen LogP contribution in [0.2, 0.25) is 0 Å². The lowest BCUT2D eigenvalue weighted by Gasteiger charge is -2.28. The molecule has 1 atom stereocenters. The zero-order chi connectivity index (χ0) is 17.9. The molecule has 0 spiro atoms. The number of hydrogen-bond acceptors (Lipinski definition) is 4. The number of hydrogen-bond donors (Lipinski definition) is 1. The summed E-state index contributed by atoms with van der Waals surface area (Å²) < 4.78 is 18.7. The Labute approximate surface area is 151 Å². The molecule has 1 unspecified atom stereocenters. The first-order valence-electron chi connectivity index (χ1n) is 8.87. The Balaban J connectivity index is 1.54. The van der Waals surface area contributed by atoms with Gasteiger partial charge in [-0.3, -0.25) is 4.90 Å². The fourth-order valence-corrected chi connectivity index (χ4v) is 3.70. The maximum absolute atomic E-state index is 13.1. The number of aliphatic hydroxyl groups excluding tert-OH is 1. The van der Waals surface area contributed by atoms with Gasteiger partial charge in [0.15, 0.2) is 0 Å². The highest BCUT2D eigenvalue weighted by molar-refractivity contribution is 5.52. The number of nitrogens with zero attached hydrogens (tertiary/aromatic N) is 2. The number of halogens is 1. The molecule has 1 N–H and O–H groups in total. The number of aryl methyl sites for hydroxylation is 1. The van der Waals surface area contributed by atoms with Crippen LogP contribution in [0.1, 0.15) is 29.3 Å². The van der Waals surface area contributed by atoms with Gasteiger partial charge in [0.05, 0.1) is 12.3 Å². The van der Waals surface area contributed by atoms with Crippen molar-refractivity contribution in [1.29, 1.82) is 0 Å². The SMILES string of the molecule is OCCN(Cc1coc(-c2ccc(F)cc2)n1)C1CCc2ccccc21. The van der Waals surface area contributed by atoms with Gasteiger partial charge < -0.3 is 9.52 Å². The first-order valence-corrected chi connectivity index (χ1v) is 8.87. The van der Waals surface area contributed by atoms with Crippen molar-refractivity contribution in [2.75, 3.05) is 13.2 Å². The lowest BCUT2D eigenvalue weighted by Crippen LogP contribution is -2.30. The Hall–Kier alpha value is -2.50. The normalized spacial score (nSPS) is 16.2. The lowest BCUT2D eigenvalue weighted by atomic mass is 10.1. The molecule has 1 heterocycles. The number of benzene rings is 2. The van der Waals surface area contributed by atoms with Crippen molar-refractivity contribution in [3.8, 4) is 11.5 Å². The van der Waals surface area contributed by atoms with E-state index in [1.807, 2.05) is 0 Å². The third-order valence-corrected chi connectivity index (χ3v) is 4.94. The van der Waals surface area contributed by atoms with Crippen LogP contribution in [0, 0.1) is 5.82 Å². The molecule has 4 rings (SSSR count). The van der Waals surface area contributed by atoms with E-state index in [0.717, 1.165) is 24.1 Å². The second kappa shape index (κ2) is 7.40. The Kier molecular flexibility index (Phi) is 4.82. The van der Waals surface area contributed by atoms with Crippen molar-refractivity contribution >= 4 is 0 Å². The van der Waals surface area contributed by atoms with E-state index in [9.17, 15) is 9.50 Å². The zero-order valence-electron chi connectivity index (χ0n) is 14.4. The van der Waals surface area contributed by atoms with E-state index in [1.165, 1.54) is 23.3 Å². The summed E-state index contributed by atoms with van der Waals surface area (Å²) in [5.74, 6) is 0.199. The molecule has 134 valence electrons. The van der Waals surface area contributed by atoms with Gasteiger partial charge in [0.1, 0.15) is 12.1 Å². The van der Waals surface area contributed by atoms with Gasteiger partial charge in [0, 0.05) is 24.7 Å². The van der Waals surface area contributed by atoms with Crippen molar-refractivity contribution in [3.63, 3.8) is 0 Å². The summed E-state index contributed by atoms with van der Waals surface area (Å²) >= 11 is 0. The van der Waals surface area contributed by atoms with Gasteiger partial charge in [-0.1, -0.05) is 24.3 Å². The molecule has 0 bridgehead atoms. The summed E-state index contributed by atoms with van der Waals surface area (Å²) in [4.78, 5) is 6.80. The average molecular weight is 352 g/mol. The van der Waals surface area contributed by atoms with Crippen LogP contribution in [0.15, 0.2) is 59.2 Å². The summed E-state index contributed by atoms with van der Waals surface area (Å²) in [6.45, 7) is 1.28. The average Bonchev–Trinajstić information content (AvgIpc) is 3.29. The Bertz CT molecular complexity index is 876. The van der Waals surface area contributed by atoms with Gasteiger partial charge in [-0.2, -0.15) is 0 Å². The van der Waals surface area contributed by atoms with Crippen molar-refractivity contribution in [1.82, 2.24) is 9.88 Å². The van der Waals surface area contributed by atoms with Crippen LogP contribution in [0.5, 0.6) is 0 Å². The summed E-state index contributed by atoms with van der Waals surface area (Å²) in [5.41, 5.74) is 4.27. The van der Waals surface area contributed by atoms with E-state index < -0.39 is 0 Å². The maximum atomic E-state index is 13.1. The second-order valence-electron chi connectivity index (χ2n) is 6.60. The highest BCUT2D eigenvalue weighted by atomic mass is 19.1. The summed E-state index contributed by atoms with van der Waals surface area (Å²) in [6, 6.07) is 14.9. The number of aromatic nitrogens is 1. The molecule has 26 heavy (non-hydrogen) atoms. The molecule has 0 radical (unpaired) electrons. The standard InChI is InChI=1S/C21H21FN2O2/c22-17-8-5-16(6-9-17)21-23-18(14-26-21)13-24(11-12-25)20-10-7-15-3-1-2-4-19(15)20/h1-6,8-9,14,20,25H,7,10-13H2. The largest absolute Gasteiger partial charge is 0.444 e. The molecule has 0 saturated carbocycles. The quantitative estimate of drug-likeness (QED) is 0.729. The molecule has 0 amide bonds. The monoisotopic (exact) mass is 352 g/mol. The maximum Gasteiger partial charge on any atom is 0.226 e. The van der Waals surface area contributed by atoms with Crippen LogP contribution in [-0.4, -0.2) is 28.1 Å². The molecule has 0 saturated heterocycles. The van der Waals surface area contributed by atoms with Crippen LogP contribution in [0.25, 0.3) is 11.5 Å². The van der Waals surface area contributed by atoms with E-state index >= 15 is 0 Å². The van der Waals surface area contributed by atoms with Crippen molar-refractivity contribution in [3.05, 3.63) is 77.4 Å². The third-order valence-electron chi connectivity index (χ3n) is 4.94. The molecule has 2 aromatic carbocycles. The minimum atomic E-state index is -0.283. The van der Waals surface area contributed by atoms with E-state index in [4.69, 9.17) is 4.42 Å². The van der Waals surface area contributed by atoms with Gasteiger partial charge >= 0.3 is 0 Å². The smallest absolute Gasteiger partial charge is 0.226 e. The predicted octanol–water partition coefficient (Wildman–Crippen LogP) is 3.96. The molecular weight excluding hydrogens is 331 g/mol. The van der Waals surface area contributed by atoms with Crippen LogP contribution in [-0.2, 0) is 13.0 Å². The van der Waals surface area contributed by atoms with E-state index in [0.29, 0.717) is 19.0 Å². The van der Waals surface area contributed by atoms with E-state index in [1.54, 1.807) is 18.4 Å². The summed E-state index contributed by atoms with van der Waals surface area (Å²) in [7, 11) is 0. The molecule has 4 nitrogen and oxygen atoms in total. The first-order chi connectivity index (χ1) is 12.7. The molecule has 1 aromatic heterocycles. The van der Waals surface area contributed by atoms with Gasteiger partial charge in [-0.05, 0) is 48.2 Å². The number of oxazole rings is 1. The van der Waals surface area contributed by atoms with Crippen LogP contribution >= 0.6 is 0 Å². The second-order valence-corrected chi connectivity index (χ2v) is 6.60. The minimum absolute atomic E-state index is 0.0985. The van der Waals surface area contributed by atoms with Gasteiger partial charge in [0.2, 0.25) is 5.89 Å². The number of aliphatic hydroxyl groups is 1. The topological polar surface area (TPSA) is 49.5 Å². The van der Waals surface area contributed by atoms with Crippen LogP contribution < -0.4 is 0 Å². The molecule has 3 aromatic rings. The fourth-order valence-electron chi connectivity index (χ4n) is 3.70. The van der Waals surface area contributed by atoms with Crippen LogP contribution in [0.3, 0.4) is 0 Å². The molecule has 5 heteroatoms. The van der Waals surface area contributed by atoms with Crippen molar-refractivity contribution < 1.29 is 13.9 Å². The molecule has 1 aliphatic rings. The lowest BCUT2D eigenvalue weighted by molar-refractivity contribution is 0.141. The highest BCUT2D eigenvalue weighted by Gasteiger charge is 2.28. The highest BCUT2D eigenvalue weighted by Crippen LogP contribution is 2.36. The molecule has 1 aliphatic carbocycles.